The molecule has 0 heterocycles. The summed E-state index contributed by atoms with van der Waals surface area (Å²) in [6, 6.07) is 4.85. The Morgan fingerprint density at radius 2 is 2.07 bits per heavy atom. The average Bonchev–Trinajstić information content (AvgIpc) is 2.21. The highest BCUT2D eigenvalue weighted by Crippen LogP contribution is 2.28. The first-order valence-corrected chi connectivity index (χ1v) is 4.90. The van der Waals surface area contributed by atoms with Crippen LogP contribution in [0, 0.1) is 11.7 Å². The van der Waals surface area contributed by atoms with E-state index < -0.39 is 0 Å². The zero-order valence-corrected chi connectivity index (χ0v) is 9.25. The van der Waals surface area contributed by atoms with Crippen molar-refractivity contribution in [2.75, 3.05) is 7.11 Å². The molecule has 0 saturated heterocycles. The van der Waals surface area contributed by atoms with Crippen LogP contribution in [0.3, 0.4) is 0 Å². The Morgan fingerprint density at radius 1 is 1.40 bits per heavy atom. The zero-order valence-electron chi connectivity index (χ0n) is 9.25. The number of ether oxygens (including phenoxy) is 1. The monoisotopic (exact) mass is 212 g/mol. The van der Waals surface area contributed by atoms with Crippen molar-refractivity contribution in [2.45, 2.75) is 19.9 Å². The van der Waals surface area contributed by atoms with Crippen LogP contribution < -0.4 is 16.0 Å². The molecule has 0 saturated carbocycles. The maximum atomic E-state index is 13.8. The standard InChI is InChI=1S/C11H17FN2O/c1-7(2)11(14-13)8-5-4-6-9(15-3)10(8)12/h4-7,11,14H,13H2,1-3H3. The molecule has 0 aliphatic rings. The highest BCUT2D eigenvalue weighted by Gasteiger charge is 2.19. The van der Waals surface area contributed by atoms with Gasteiger partial charge in [-0.25, -0.2) is 4.39 Å². The molecule has 1 aromatic carbocycles. The number of hydrogen-bond donors (Lipinski definition) is 2. The van der Waals surface area contributed by atoms with Crippen LogP contribution in [0.1, 0.15) is 25.5 Å². The molecule has 0 fully saturated rings. The fraction of sp³-hybridized carbons (Fsp3) is 0.455. The van der Waals surface area contributed by atoms with Crippen LogP contribution in [-0.4, -0.2) is 7.11 Å². The van der Waals surface area contributed by atoms with Gasteiger partial charge >= 0.3 is 0 Å². The van der Waals surface area contributed by atoms with Gasteiger partial charge in [0.1, 0.15) is 0 Å². The van der Waals surface area contributed by atoms with E-state index in [-0.39, 0.29) is 23.5 Å². The Kier molecular flexibility index (Phi) is 4.05. The van der Waals surface area contributed by atoms with E-state index >= 15 is 0 Å². The summed E-state index contributed by atoms with van der Waals surface area (Å²) in [6.07, 6.45) is 0. The molecule has 3 N–H and O–H groups in total. The second-order valence-corrected chi connectivity index (χ2v) is 3.75. The summed E-state index contributed by atoms with van der Waals surface area (Å²) in [4.78, 5) is 0. The van der Waals surface area contributed by atoms with Crippen LogP contribution >= 0.6 is 0 Å². The molecule has 15 heavy (non-hydrogen) atoms. The van der Waals surface area contributed by atoms with E-state index in [0.29, 0.717) is 5.56 Å². The number of halogens is 1. The van der Waals surface area contributed by atoms with E-state index in [1.165, 1.54) is 7.11 Å². The SMILES string of the molecule is COc1cccc(C(NN)C(C)C)c1F. The van der Waals surface area contributed by atoms with Gasteiger partial charge in [0.15, 0.2) is 11.6 Å². The van der Waals surface area contributed by atoms with Crippen LogP contribution in [-0.2, 0) is 0 Å². The van der Waals surface area contributed by atoms with Gasteiger partial charge in [-0.1, -0.05) is 26.0 Å². The van der Waals surface area contributed by atoms with E-state index in [1.807, 2.05) is 13.8 Å². The van der Waals surface area contributed by atoms with Crippen LogP contribution in [0.5, 0.6) is 5.75 Å². The fourth-order valence-electron chi connectivity index (χ4n) is 1.57. The quantitative estimate of drug-likeness (QED) is 0.592. The zero-order chi connectivity index (χ0) is 11.4. The minimum atomic E-state index is -0.350. The van der Waals surface area contributed by atoms with Gasteiger partial charge in [-0.3, -0.25) is 11.3 Å². The smallest absolute Gasteiger partial charge is 0.169 e. The topological polar surface area (TPSA) is 47.3 Å². The molecule has 1 atom stereocenters. The van der Waals surface area contributed by atoms with Crippen LogP contribution in [0.2, 0.25) is 0 Å². The first-order valence-electron chi connectivity index (χ1n) is 4.90. The lowest BCUT2D eigenvalue weighted by molar-refractivity contribution is 0.365. The molecule has 1 unspecified atom stereocenters. The third kappa shape index (κ3) is 2.46. The number of nitrogens with two attached hydrogens (primary N) is 1. The van der Waals surface area contributed by atoms with Gasteiger partial charge in [0.25, 0.3) is 0 Å². The van der Waals surface area contributed by atoms with Crippen molar-refractivity contribution in [1.29, 1.82) is 0 Å². The first-order chi connectivity index (χ1) is 7.11. The van der Waals surface area contributed by atoms with Crippen molar-refractivity contribution in [3.05, 3.63) is 29.6 Å². The van der Waals surface area contributed by atoms with Crippen molar-refractivity contribution in [2.24, 2.45) is 11.8 Å². The largest absolute Gasteiger partial charge is 0.494 e. The summed E-state index contributed by atoms with van der Waals surface area (Å²) < 4.78 is 18.8. The lowest BCUT2D eigenvalue weighted by atomic mass is 9.96. The predicted octanol–water partition coefficient (Wildman–Crippen LogP) is 1.99. The van der Waals surface area contributed by atoms with Gasteiger partial charge in [-0.15, -0.1) is 0 Å². The van der Waals surface area contributed by atoms with Crippen molar-refractivity contribution < 1.29 is 9.13 Å². The van der Waals surface area contributed by atoms with Crippen molar-refractivity contribution >= 4 is 0 Å². The third-order valence-electron chi connectivity index (χ3n) is 2.39. The molecule has 0 aliphatic carbocycles. The fourth-order valence-corrected chi connectivity index (χ4v) is 1.57. The van der Waals surface area contributed by atoms with Gasteiger partial charge in [-0.2, -0.15) is 0 Å². The van der Waals surface area contributed by atoms with Crippen molar-refractivity contribution in [3.8, 4) is 5.75 Å². The molecule has 3 nitrogen and oxygen atoms in total. The minimum absolute atomic E-state index is 0.205. The summed E-state index contributed by atoms with van der Waals surface area (Å²) in [6.45, 7) is 3.95. The van der Waals surface area contributed by atoms with Gasteiger partial charge in [0.2, 0.25) is 0 Å². The second kappa shape index (κ2) is 5.09. The van der Waals surface area contributed by atoms with Crippen molar-refractivity contribution in [1.82, 2.24) is 5.43 Å². The molecule has 0 bridgehead atoms. The summed E-state index contributed by atoms with van der Waals surface area (Å²) in [5, 5.41) is 0. The van der Waals surface area contributed by atoms with Crippen LogP contribution in [0.15, 0.2) is 18.2 Å². The predicted molar refractivity (Wildman–Crippen MR) is 57.9 cm³/mol. The molecule has 1 aromatic rings. The van der Waals surface area contributed by atoms with E-state index in [4.69, 9.17) is 10.6 Å². The molecular formula is C11H17FN2O. The molecule has 4 heteroatoms. The number of benzene rings is 1. The van der Waals surface area contributed by atoms with Crippen LogP contribution in [0.25, 0.3) is 0 Å². The maximum Gasteiger partial charge on any atom is 0.169 e. The molecule has 84 valence electrons. The van der Waals surface area contributed by atoms with Gasteiger partial charge in [0, 0.05) is 5.56 Å². The lowest BCUT2D eigenvalue weighted by Crippen LogP contribution is -2.32. The Bertz CT molecular complexity index is 328. The van der Waals surface area contributed by atoms with Crippen LogP contribution in [0.4, 0.5) is 4.39 Å². The van der Waals surface area contributed by atoms with E-state index in [1.54, 1.807) is 18.2 Å². The second-order valence-electron chi connectivity index (χ2n) is 3.75. The summed E-state index contributed by atoms with van der Waals surface area (Å²) in [5.41, 5.74) is 3.15. The van der Waals surface area contributed by atoms with Gasteiger partial charge in [0.05, 0.1) is 13.2 Å². The maximum absolute atomic E-state index is 13.8. The van der Waals surface area contributed by atoms with Gasteiger partial charge < -0.3 is 4.74 Å². The third-order valence-corrected chi connectivity index (χ3v) is 2.39. The molecular weight excluding hydrogens is 195 g/mol. The Balaban J connectivity index is 3.12. The normalized spacial score (nSPS) is 12.9. The van der Waals surface area contributed by atoms with E-state index in [0.717, 1.165) is 0 Å². The van der Waals surface area contributed by atoms with Crippen molar-refractivity contribution in [3.63, 3.8) is 0 Å². The van der Waals surface area contributed by atoms with E-state index in [9.17, 15) is 4.39 Å². The Hall–Kier alpha value is -1.13. The highest BCUT2D eigenvalue weighted by molar-refractivity contribution is 5.33. The first kappa shape index (κ1) is 11.9. The Labute approximate surface area is 89.4 Å². The highest BCUT2D eigenvalue weighted by atomic mass is 19.1. The number of hydrazine groups is 1. The molecule has 0 amide bonds. The molecule has 1 rings (SSSR count). The number of hydrogen-bond acceptors (Lipinski definition) is 3. The summed E-state index contributed by atoms with van der Waals surface area (Å²) >= 11 is 0. The number of rotatable bonds is 4. The minimum Gasteiger partial charge on any atom is -0.494 e. The lowest BCUT2D eigenvalue weighted by Gasteiger charge is -2.21. The molecule has 0 spiro atoms. The van der Waals surface area contributed by atoms with Gasteiger partial charge in [-0.05, 0) is 12.0 Å². The summed E-state index contributed by atoms with van der Waals surface area (Å²) in [5.74, 6) is 5.51. The summed E-state index contributed by atoms with van der Waals surface area (Å²) in [7, 11) is 1.45. The molecule has 0 radical (unpaired) electrons. The molecule has 0 aliphatic heterocycles. The number of nitrogens with one attached hydrogen (secondary N) is 1. The Morgan fingerprint density at radius 3 is 2.53 bits per heavy atom. The van der Waals surface area contributed by atoms with E-state index in [2.05, 4.69) is 5.43 Å². The number of methoxy groups -OCH3 is 1. The molecule has 0 aromatic heterocycles. The average molecular weight is 212 g/mol.